The number of para-hydroxylation sites is 1. The van der Waals surface area contributed by atoms with Crippen LogP contribution >= 0.6 is 0 Å². The molecule has 0 bridgehead atoms. The first-order valence-electron chi connectivity index (χ1n) is 5.49. The first-order valence-corrected chi connectivity index (χ1v) is 5.49. The largest absolute Gasteiger partial charge is 0.324 e. The van der Waals surface area contributed by atoms with Crippen LogP contribution in [0, 0.1) is 6.07 Å². The van der Waals surface area contributed by atoms with Gasteiger partial charge < -0.3 is 10.2 Å². The van der Waals surface area contributed by atoms with E-state index in [1.54, 1.807) is 11.9 Å². The lowest BCUT2D eigenvalue weighted by atomic mass is 10.3. The van der Waals surface area contributed by atoms with Crippen molar-refractivity contribution in [2.75, 3.05) is 38.1 Å². The molecule has 1 aliphatic heterocycles. The maximum Gasteiger partial charge on any atom is 0.324 e. The van der Waals surface area contributed by atoms with Crippen LogP contribution < -0.4 is 10.2 Å². The van der Waals surface area contributed by atoms with Crippen LogP contribution in [0.4, 0.5) is 10.5 Å². The van der Waals surface area contributed by atoms with Crippen molar-refractivity contribution in [3.05, 3.63) is 30.3 Å². The van der Waals surface area contributed by atoms with E-state index >= 15 is 0 Å². The zero-order chi connectivity index (χ0) is 11.4. The third-order valence-electron chi connectivity index (χ3n) is 2.73. The van der Waals surface area contributed by atoms with Gasteiger partial charge in [-0.3, -0.25) is 4.90 Å². The van der Waals surface area contributed by atoms with Crippen LogP contribution in [0.25, 0.3) is 0 Å². The molecule has 0 saturated carbocycles. The predicted molar refractivity (Wildman–Crippen MR) is 63.5 cm³/mol. The lowest BCUT2D eigenvalue weighted by Crippen LogP contribution is -2.50. The van der Waals surface area contributed by atoms with E-state index in [1.807, 2.05) is 29.2 Å². The van der Waals surface area contributed by atoms with Gasteiger partial charge in [0.15, 0.2) is 0 Å². The molecule has 1 saturated heterocycles. The van der Waals surface area contributed by atoms with Crippen molar-refractivity contribution < 1.29 is 4.79 Å². The van der Waals surface area contributed by atoms with Gasteiger partial charge in [-0.05, 0) is 6.07 Å². The highest BCUT2D eigenvalue weighted by Crippen LogP contribution is 2.12. The van der Waals surface area contributed by atoms with Crippen molar-refractivity contribution in [1.29, 1.82) is 0 Å². The number of amides is 2. The Bertz CT molecular complexity index is 347. The van der Waals surface area contributed by atoms with Crippen molar-refractivity contribution in [2.24, 2.45) is 0 Å². The summed E-state index contributed by atoms with van der Waals surface area (Å²) in [5, 5.41) is 3.23. The van der Waals surface area contributed by atoms with Crippen LogP contribution in [0.3, 0.4) is 0 Å². The summed E-state index contributed by atoms with van der Waals surface area (Å²) in [6.07, 6.45) is 0. The lowest BCUT2D eigenvalue weighted by molar-refractivity contribution is 0.198. The number of hydrogen-bond donors (Lipinski definition) is 1. The first-order chi connectivity index (χ1) is 7.79. The van der Waals surface area contributed by atoms with E-state index in [1.165, 1.54) is 0 Å². The van der Waals surface area contributed by atoms with Gasteiger partial charge in [-0.15, -0.1) is 0 Å². The second-order valence-corrected chi connectivity index (χ2v) is 3.83. The summed E-state index contributed by atoms with van der Waals surface area (Å²) in [6.45, 7) is 3.29. The summed E-state index contributed by atoms with van der Waals surface area (Å²) < 4.78 is 0. The predicted octanol–water partition coefficient (Wildman–Crippen LogP) is 0.948. The van der Waals surface area contributed by atoms with Gasteiger partial charge in [-0.2, -0.15) is 0 Å². The Hall–Kier alpha value is -1.55. The molecule has 0 unspecified atom stereocenters. The van der Waals surface area contributed by atoms with E-state index in [2.05, 4.69) is 11.4 Å². The van der Waals surface area contributed by atoms with Crippen LogP contribution in [0.15, 0.2) is 24.3 Å². The van der Waals surface area contributed by atoms with E-state index in [0.29, 0.717) is 0 Å². The number of nitrogens with zero attached hydrogens (tertiary/aromatic N) is 2. The van der Waals surface area contributed by atoms with Gasteiger partial charge in [-0.25, -0.2) is 4.79 Å². The smallest absolute Gasteiger partial charge is 0.322 e. The van der Waals surface area contributed by atoms with Gasteiger partial charge in [0.1, 0.15) is 0 Å². The van der Waals surface area contributed by atoms with Gasteiger partial charge in [0.05, 0.1) is 5.69 Å². The molecule has 16 heavy (non-hydrogen) atoms. The standard InChI is InChI=1S/C12H16N3O/c1-14(11-5-3-2-4-6-11)12(16)15-9-7-13-8-10-15/h2-5,13H,7-10H2,1H3. The fraction of sp³-hybridized carbons (Fsp3) is 0.417. The molecule has 2 rings (SSSR count). The molecule has 85 valence electrons. The van der Waals surface area contributed by atoms with E-state index in [-0.39, 0.29) is 6.03 Å². The molecule has 1 N–H and O–H groups in total. The topological polar surface area (TPSA) is 35.6 Å². The van der Waals surface area contributed by atoms with Crippen LogP contribution in [0.2, 0.25) is 0 Å². The normalized spacial score (nSPS) is 15.9. The molecule has 1 fully saturated rings. The number of rotatable bonds is 1. The number of benzene rings is 1. The molecule has 1 heterocycles. The molecule has 4 nitrogen and oxygen atoms in total. The highest BCUT2D eigenvalue weighted by molar-refractivity contribution is 5.91. The number of nitrogens with one attached hydrogen (secondary N) is 1. The van der Waals surface area contributed by atoms with E-state index in [9.17, 15) is 4.79 Å². The SMILES string of the molecule is CN(C(=O)N1CCNCC1)c1[c]cccc1. The Morgan fingerprint density at radius 3 is 2.81 bits per heavy atom. The quantitative estimate of drug-likeness (QED) is 0.761. The van der Waals surface area contributed by atoms with Crippen molar-refractivity contribution in [3.8, 4) is 0 Å². The molecule has 1 aliphatic rings. The number of piperazine rings is 1. The summed E-state index contributed by atoms with van der Waals surface area (Å²) in [7, 11) is 1.79. The third kappa shape index (κ3) is 2.33. The Morgan fingerprint density at radius 1 is 1.44 bits per heavy atom. The number of anilines is 1. The Morgan fingerprint density at radius 2 is 2.19 bits per heavy atom. The maximum atomic E-state index is 12.1. The first kappa shape index (κ1) is 11.0. The molecule has 0 spiro atoms. The van der Waals surface area contributed by atoms with Gasteiger partial charge in [0.25, 0.3) is 0 Å². The third-order valence-corrected chi connectivity index (χ3v) is 2.73. The summed E-state index contributed by atoms with van der Waals surface area (Å²) in [4.78, 5) is 15.6. The average molecular weight is 218 g/mol. The fourth-order valence-electron chi connectivity index (χ4n) is 1.76. The Labute approximate surface area is 95.8 Å². The molecule has 2 amide bonds. The van der Waals surface area contributed by atoms with E-state index < -0.39 is 0 Å². The molecular formula is C12H16N3O. The molecule has 1 radical (unpaired) electrons. The Kier molecular flexibility index (Phi) is 3.41. The lowest BCUT2D eigenvalue weighted by Gasteiger charge is -2.31. The number of carbonyl (C=O) groups is 1. The van der Waals surface area contributed by atoms with Crippen LogP contribution in [0.5, 0.6) is 0 Å². The second-order valence-electron chi connectivity index (χ2n) is 3.83. The molecule has 1 aromatic rings. The molecular weight excluding hydrogens is 202 g/mol. The molecule has 4 heteroatoms. The highest BCUT2D eigenvalue weighted by Gasteiger charge is 2.20. The van der Waals surface area contributed by atoms with Crippen molar-refractivity contribution in [1.82, 2.24) is 10.2 Å². The van der Waals surface area contributed by atoms with Crippen LogP contribution in [-0.4, -0.2) is 44.2 Å². The van der Waals surface area contributed by atoms with Gasteiger partial charge in [0.2, 0.25) is 0 Å². The highest BCUT2D eigenvalue weighted by atomic mass is 16.2. The van der Waals surface area contributed by atoms with Gasteiger partial charge in [-0.1, -0.05) is 18.2 Å². The second kappa shape index (κ2) is 4.99. The maximum absolute atomic E-state index is 12.1. The van der Waals surface area contributed by atoms with Crippen LogP contribution in [-0.2, 0) is 0 Å². The molecule has 1 aromatic carbocycles. The molecule has 0 atom stereocenters. The van der Waals surface area contributed by atoms with Crippen molar-refractivity contribution in [2.45, 2.75) is 0 Å². The minimum absolute atomic E-state index is 0.0453. The van der Waals surface area contributed by atoms with Crippen LogP contribution in [0.1, 0.15) is 0 Å². The number of carbonyl (C=O) groups excluding carboxylic acids is 1. The summed E-state index contributed by atoms with van der Waals surface area (Å²) in [6, 6.07) is 10.6. The zero-order valence-electron chi connectivity index (χ0n) is 9.44. The monoisotopic (exact) mass is 218 g/mol. The number of hydrogen-bond acceptors (Lipinski definition) is 2. The van der Waals surface area contributed by atoms with Gasteiger partial charge >= 0.3 is 6.03 Å². The average Bonchev–Trinajstić information content (AvgIpc) is 2.39. The number of urea groups is 1. The van der Waals surface area contributed by atoms with Gasteiger partial charge in [0, 0.05) is 39.3 Å². The minimum Gasteiger partial charge on any atom is -0.322 e. The van der Waals surface area contributed by atoms with E-state index in [4.69, 9.17) is 0 Å². The summed E-state index contributed by atoms with van der Waals surface area (Å²) in [5.41, 5.74) is 0.811. The summed E-state index contributed by atoms with van der Waals surface area (Å²) >= 11 is 0. The molecule has 0 aliphatic carbocycles. The fourth-order valence-corrected chi connectivity index (χ4v) is 1.76. The van der Waals surface area contributed by atoms with Crippen molar-refractivity contribution in [3.63, 3.8) is 0 Å². The summed E-state index contributed by atoms with van der Waals surface area (Å²) in [5.74, 6) is 0. The Balaban J connectivity index is 2.04. The van der Waals surface area contributed by atoms with Crippen molar-refractivity contribution >= 4 is 11.7 Å². The molecule has 0 aromatic heterocycles. The minimum atomic E-state index is 0.0453. The van der Waals surface area contributed by atoms with E-state index in [0.717, 1.165) is 31.9 Å². The zero-order valence-corrected chi connectivity index (χ0v) is 9.44.